The van der Waals surface area contributed by atoms with E-state index in [0.717, 1.165) is 11.8 Å². The molecule has 0 fully saturated rings. The van der Waals surface area contributed by atoms with Crippen LogP contribution in [0, 0.1) is 0 Å². The fraction of sp³-hybridized carbons (Fsp3) is 0.200. The van der Waals surface area contributed by atoms with Gasteiger partial charge in [0.25, 0.3) is 0 Å². The minimum absolute atomic E-state index is 0.246. The first-order valence-electron chi connectivity index (χ1n) is 6.09. The molecule has 0 radical (unpaired) electrons. The first-order chi connectivity index (χ1) is 9.36. The number of aliphatic hydroxyl groups excluding tert-OH is 1. The molecule has 1 N–H and O–H groups in total. The Morgan fingerprint density at radius 1 is 1.15 bits per heavy atom. The van der Waals surface area contributed by atoms with Crippen molar-refractivity contribution in [1.29, 1.82) is 0 Å². The predicted molar refractivity (Wildman–Crippen MR) is 79.7 cm³/mol. The fourth-order valence-corrected chi connectivity index (χ4v) is 2.79. The van der Waals surface area contributed by atoms with Crippen LogP contribution in [0.15, 0.2) is 53.4 Å². The van der Waals surface area contributed by atoms with Crippen molar-refractivity contribution >= 4 is 21.4 Å². The van der Waals surface area contributed by atoms with Gasteiger partial charge in [-0.15, -0.1) is 0 Å². The van der Waals surface area contributed by atoms with Crippen molar-refractivity contribution in [2.24, 2.45) is 0 Å². The van der Waals surface area contributed by atoms with Crippen molar-refractivity contribution in [3.8, 4) is 0 Å². The van der Waals surface area contributed by atoms with Crippen LogP contribution in [0.1, 0.15) is 17.2 Å². The summed E-state index contributed by atoms with van der Waals surface area (Å²) < 4.78 is 22.7. The molecule has 0 aliphatic carbocycles. The molecule has 5 heteroatoms. The quantitative estimate of drug-likeness (QED) is 0.944. The molecule has 0 heterocycles. The Bertz CT molecular complexity index is 693. The highest BCUT2D eigenvalue weighted by atomic mass is 35.5. The molecule has 0 aromatic heterocycles. The van der Waals surface area contributed by atoms with E-state index < -0.39 is 15.9 Å². The molecule has 2 aromatic carbocycles. The number of sulfone groups is 1. The molecule has 0 aliphatic rings. The van der Waals surface area contributed by atoms with Crippen LogP contribution in [0.4, 0.5) is 0 Å². The summed E-state index contributed by atoms with van der Waals surface area (Å²) in [6.07, 6.45) is 0.894. The summed E-state index contributed by atoms with van der Waals surface area (Å²) in [5.74, 6) is 0. The molecule has 0 aliphatic heterocycles. The number of hydrogen-bond donors (Lipinski definition) is 1. The molecular formula is C15H15ClO3S. The summed E-state index contributed by atoms with van der Waals surface area (Å²) in [4.78, 5) is 0.246. The van der Waals surface area contributed by atoms with E-state index >= 15 is 0 Å². The molecule has 2 rings (SSSR count). The first kappa shape index (κ1) is 15.0. The summed E-state index contributed by atoms with van der Waals surface area (Å²) in [5, 5.41) is 10.8. The maximum atomic E-state index is 11.4. The summed E-state index contributed by atoms with van der Waals surface area (Å²) in [6, 6.07) is 13.6. The van der Waals surface area contributed by atoms with Gasteiger partial charge in [0.2, 0.25) is 0 Å². The minimum atomic E-state index is -3.21. The average Bonchev–Trinajstić information content (AvgIpc) is 2.38. The predicted octanol–water partition coefficient (Wildman–Crippen LogP) is 3.02. The third kappa shape index (κ3) is 3.82. The van der Waals surface area contributed by atoms with E-state index in [4.69, 9.17) is 11.6 Å². The van der Waals surface area contributed by atoms with E-state index in [1.165, 1.54) is 12.1 Å². The Labute approximate surface area is 123 Å². The van der Waals surface area contributed by atoms with E-state index in [1.807, 2.05) is 12.1 Å². The highest BCUT2D eigenvalue weighted by molar-refractivity contribution is 7.90. The van der Waals surface area contributed by atoms with Crippen LogP contribution in [-0.2, 0) is 16.3 Å². The van der Waals surface area contributed by atoms with Gasteiger partial charge in [0.1, 0.15) is 0 Å². The molecule has 3 nitrogen and oxygen atoms in total. The van der Waals surface area contributed by atoms with Crippen LogP contribution in [0.25, 0.3) is 0 Å². The average molecular weight is 311 g/mol. The van der Waals surface area contributed by atoms with Crippen molar-refractivity contribution in [2.75, 3.05) is 6.26 Å². The molecule has 0 bridgehead atoms. The Hall–Kier alpha value is -1.36. The molecular weight excluding hydrogens is 296 g/mol. The third-order valence-electron chi connectivity index (χ3n) is 3.01. The molecule has 0 spiro atoms. The second kappa shape index (κ2) is 5.95. The Morgan fingerprint density at radius 2 is 1.80 bits per heavy atom. The van der Waals surface area contributed by atoms with Gasteiger partial charge in [-0.2, -0.15) is 0 Å². The standard InChI is InChI=1S/C15H15ClO3S/c1-20(18,19)14-7-5-12(6-8-14)15(17)10-11-3-2-4-13(16)9-11/h2-9,15,17H,10H2,1H3. The molecule has 0 saturated heterocycles. The van der Waals surface area contributed by atoms with E-state index in [9.17, 15) is 13.5 Å². The number of rotatable bonds is 4. The van der Waals surface area contributed by atoms with Crippen molar-refractivity contribution in [2.45, 2.75) is 17.4 Å². The Morgan fingerprint density at radius 3 is 2.35 bits per heavy atom. The lowest BCUT2D eigenvalue weighted by Gasteiger charge is -2.12. The molecule has 0 saturated carbocycles. The summed E-state index contributed by atoms with van der Waals surface area (Å²) in [6.45, 7) is 0. The lowest BCUT2D eigenvalue weighted by Crippen LogP contribution is -2.03. The lowest BCUT2D eigenvalue weighted by atomic mass is 10.0. The van der Waals surface area contributed by atoms with Crippen molar-refractivity contribution < 1.29 is 13.5 Å². The van der Waals surface area contributed by atoms with Gasteiger partial charge >= 0.3 is 0 Å². The minimum Gasteiger partial charge on any atom is -0.388 e. The molecule has 2 aromatic rings. The van der Waals surface area contributed by atoms with Crippen LogP contribution in [0.3, 0.4) is 0 Å². The molecule has 20 heavy (non-hydrogen) atoms. The van der Waals surface area contributed by atoms with Gasteiger partial charge in [-0.3, -0.25) is 0 Å². The summed E-state index contributed by atoms with van der Waals surface area (Å²) >= 11 is 5.90. The zero-order chi connectivity index (χ0) is 14.8. The van der Waals surface area contributed by atoms with Crippen LogP contribution in [0.5, 0.6) is 0 Å². The molecule has 1 unspecified atom stereocenters. The second-order valence-corrected chi connectivity index (χ2v) is 7.14. The Kier molecular flexibility index (Phi) is 4.48. The largest absolute Gasteiger partial charge is 0.388 e. The topological polar surface area (TPSA) is 54.4 Å². The van der Waals surface area contributed by atoms with E-state index in [1.54, 1.807) is 24.3 Å². The number of benzene rings is 2. The summed E-state index contributed by atoms with van der Waals surface area (Å²) in [7, 11) is -3.21. The van der Waals surface area contributed by atoms with E-state index in [-0.39, 0.29) is 4.90 Å². The fourth-order valence-electron chi connectivity index (χ4n) is 1.94. The van der Waals surface area contributed by atoms with Gasteiger partial charge in [-0.25, -0.2) is 8.42 Å². The zero-order valence-corrected chi connectivity index (χ0v) is 12.5. The van der Waals surface area contributed by atoms with E-state index in [2.05, 4.69) is 0 Å². The molecule has 0 amide bonds. The normalized spacial score (nSPS) is 13.2. The first-order valence-corrected chi connectivity index (χ1v) is 8.36. The van der Waals surface area contributed by atoms with Crippen molar-refractivity contribution in [1.82, 2.24) is 0 Å². The van der Waals surface area contributed by atoms with Gasteiger partial charge in [-0.1, -0.05) is 35.9 Å². The smallest absolute Gasteiger partial charge is 0.175 e. The maximum Gasteiger partial charge on any atom is 0.175 e. The van der Waals surface area contributed by atoms with Gasteiger partial charge < -0.3 is 5.11 Å². The van der Waals surface area contributed by atoms with Gasteiger partial charge in [0, 0.05) is 17.7 Å². The number of hydrogen-bond acceptors (Lipinski definition) is 3. The maximum absolute atomic E-state index is 11.4. The van der Waals surface area contributed by atoms with Crippen LogP contribution in [-0.4, -0.2) is 19.8 Å². The third-order valence-corrected chi connectivity index (χ3v) is 4.37. The lowest BCUT2D eigenvalue weighted by molar-refractivity contribution is 0.178. The number of halogens is 1. The zero-order valence-electron chi connectivity index (χ0n) is 11.0. The van der Waals surface area contributed by atoms with Crippen LogP contribution < -0.4 is 0 Å². The van der Waals surface area contributed by atoms with Crippen molar-refractivity contribution in [3.63, 3.8) is 0 Å². The van der Waals surface area contributed by atoms with E-state index in [0.29, 0.717) is 17.0 Å². The van der Waals surface area contributed by atoms with Gasteiger partial charge in [0.05, 0.1) is 11.0 Å². The highest BCUT2D eigenvalue weighted by Crippen LogP contribution is 2.21. The van der Waals surface area contributed by atoms with Gasteiger partial charge in [0.15, 0.2) is 9.84 Å². The van der Waals surface area contributed by atoms with Gasteiger partial charge in [-0.05, 0) is 35.4 Å². The second-order valence-electron chi connectivity index (χ2n) is 4.69. The highest BCUT2D eigenvalue weighted by Gasteiger charge is 2.11. The van der Waals surface area contributed by atoms with Crippen LogP contribution >= 0.6 is 11.6 Å². The molecule has 1 atom stereocenters. The summed E-state index contributed by atoms with van der Waals surface area (Å²) in [5.41, 5.74) is 1.61. The number of aliphatic hydroxyl groups is 1. The SMILES string of the molecule is CS(=O)(=O)c1ccc(C(O)Cc2cccc(Cl)c2)cc1. The Balaban J connectivity index is 2.15. The molecule has 106 valence electrons. The van der Waals surface area contributed by atoms with Crippen LogP contribution in [0.2, 0.25) is 5.02 Å². The monoisotopic (exact) mass is 310 g/mol. The van der Waals surface area contributed by atoms with Crippen molar-refractivity contribution in [3.05, 3.63) is 64.7 Å².